The van der Waals surface area contributed by atoms with Crippen LogP contribution in [-0.4, -0.2) is 29.1 Å². The molecule has 188 valence electrons. The predicted octanol–water partition coefficient (Wildman–Crippen LogP) is 6.13. The molecule has 0 aliphatic heterocycles. The van der Waals surface area contributed by atoms with Crippen molar-refractivity contribution in [3.63, 3.8) is 0 Å². The van der Waals surface area contributed by atoms with E-state index in [1.807, 2.05) is 25.1 Å². The van der Waals surface area contributed by atoms with Gasteiger partial charge in [-0.1, -0.05) is 25.1 Å². The fourth-order valence-electron chi connectivity index (χ4n) is 9.40. The Kier molecular flexibility index (Phi) is 5.40. The standard InChI is InChI=1S/C31H41NO3/c1-29(34)13-12-26-24-10-14-30(2)25(23(24)11-15-31(26,32)18-29)8-9-27(30)28(33)21-5-4-20-17-22(35-3)7-6-19(20)16-21/h4-7,16-17,23-27,34H,8-15,18,32H2,1-3H3/t23-,24+,25+,26-,27-,29-,30+,31+/m1/s1. The van der Waals surface area contributed by atoms with Crippen molar-refractivity contribution in [2.75, 3.05) is 7.11 Å². The van der Waals surface area contributed by atoms with E-state index < -0.39 is 5.60 Å². The zero-order chi connectivity index (χ0) is 24.6. The van der Waals surface area contributed by atoms with Gasteiger partial charge in [0.2, 0.25) is 0 Å². The molecular formula is C31H41NO3. The number of fused-ring (bicyclic) bond motifs is 6. The van der Waals surface area contributed by atoms with Crippen LogP contribution in [0.15, 0.2) is 36.4 Å². The summed E-state index contributed by atoms with van der Waals surface area (Å²) in [7, 11) is 1.68. The molecule has 0 unspecified atom stereocenters. The number of ether oxygens (including phenoxy) is 1. The Morgan fingerprint density at radius 1 is 0.914 bits per heavy atom. The van der Waals surface area contributed by atoms with Crippen molar-refractivity contribution < 1.29 is 14.6 Å². The fourth-order valence-corrected chi connectivity index (χ4v) is 9.40. The van der Waals surface area contributed by atoms with Gasteiger partial charge in [0, 0.05) is 17.0 Å². The van der Waals surface area contributed by atoms with E-state index in [1.165, 1.54) is 12.8 Å². The van der Waals surface area contributed by atoms with Gasteiger partial charge in [0.05, 0.1) is 12.7 Å². The van der Waals surface area contributed by atoms with Crippen molar-refractivity contribution in [3.05, 3.63) is 42.0 Å². The second-order valence-electron chi connectivity index (χ2n) is 13.0. The molecular weight excluding hydrogens is 434 g/mol. The van der Waals surface area contributed by atoms with Gasteiger partial charge in [0.15, 0.2) is 5.78 Å². The largest absolute Gasteiger partial charge is 0.497 e. The minimum atomic E-state index is -0.614. The molecule has 4 nitrogen and oxygen atoms in total. The zero-order valence-electron chi connectivity index (χ0n) is 21.6. The Morgan fingerprint density at radius 2 is 1.63 bits per heavy atom. The van der Waals surface area contributed by atoms with Crippen LogP contribution in [-0.2, 0) is 0 Å². The molecule has 0 bridgehead atoms. The lowest BCUT2D eigenvalue weighted by atomic mass is 9.47. The molecule has 2 aromatic rings. The van der Waals surface area contributed by atoms with Crippen LogP contribution in [0.25, 0.3) is 10.8 Å². The molecule has 4 aliphatic carbocycles. The third-order valence-corrected chi connectivity index (χ3v) is 11.0. The first kappa shape index (κ1) is 23.5. The quantitative estimate of drug-likeness (QED) is 0.524. The minimum Gasteiger partial charge on any atom is -0.497 e. The number of hydrogen-bond donors (Lipinski definition) is 2. The Balaban J connectivity index is 1.24. The molecule has 0 heterocycles. The third kappa shape index (κ3) is 3.66. The second-order valence-corrected chi connectivity index (χ2v) is 13.0. The number of carbonyl (C=O) groups is 1. The van der Waals surface area contributed by atoms with Gasteiger partial charge in [-0.05, 0) is 123 Å². The topological polar surface area (TPSA) is 72.5 Å². The monoisotopic (exact) mass is 475 g/mol. The molecule has 0 amide bonds. The van der Waals surface area contributed by atoms with Crippen molar-refractivity contribution in [1.29, 1.82) is 0 Å². The first-order valence-corrected chi connectivity index (χ1v) is 13.8. The summed E-state index contributed by atoms with van der Waals surface area (Å²) in [6, 6.07) is 12.2. The highest BCUT2D eigenvalue weighted by atomic mass is 16.5. The van der Waals surface area contributed by atoms with Crippen LogP contribution < -0.4 is 10.5 Å². The Labute approximate surface area is 209 Å². The first-order valence-electron chi connectivity index (χ1n) is 13.8. The van der Waals surface area contributed by atoms with Crippen molar-refractivity contribution >= 4 is 16.6 Å². The van der Waals surface area contributed by atoms with Gasteiger partial charge in [-0.3, -0.25) is 4.79 Å². The summed E-state index contributed by atoms with van der Waals surface area (Å²) in [6.45, 7) is 4.39. The van der Waals surface area contributed by atoms with E-state index in [0.29, 0.717) is 29.5 Å². The lowest BCUT2D eigenvalue weighted by Crippen LogP contribution is -2.63. The van der Waals surface area contributed by atoms with Gasteiger partial charge in [-0.2, -0.15) is 0 Å². The number of hydrogen-bond acceptors (Lipinski definition) is 4. The van der Waals surface area contributed by atoms with Crippen LogP contribution in [0.2, 0.25) is 0 Å². The second kappa shape index (κ2) is 8.05. The number of Topliss-reactive ketones (excluding diaryl/α,β-unsaturated/α-hetero) is 1. The molecule has 6 rings (SSSR count). The van der Waals surface area contributed by atoms with Crippen LogP contribution in [0.1, 0.15) is 82.0 Å². The molecule has 0 aromatic heterocycles. The van der Waals surface area contributed by atoms with E-state index in [9.17, 15) is 9.90 Å². The molecule has 0 spiro atoms. The molecule has 4 fully saturated rings. The van der Waals surface area contributed by atoms with Gasteiger partial charge in [0.1, 0.15) is 5.75 Å². The summed E-state index contributed by atoms with van der Waals surface area (Å²) in [5.74, 6) is 3.78. The molecule has 0 radical (unpaired) electrons. The zero-order valence-corrected chi connectivity index (χ0v) is 21.6. The minimum absolute atomic E-state index is 0.0852. The highest BCUT2D eigenvalue weighted by molar-refractivity contribution is 6.02. The van der Waals surface area contributed by atoms with Gasteiger partial charge in [-0.15, -0.1) is 0 Å². The number of aliphatic hydroxyl groups is 1. The number of carbonyl (C=O) groups excluding carboxylic acids is 1. The smallest absolute Gasteiger partial charge is 0.166 e. The van der Waals surface area contributed by atoms with Gasteiger partial charge >= 0.3 is 0 Å². The number of benzene rings is 2. The summed E-state index contributed by atoms with van der Waals surface area (Å²) in [6.07, 6.45) is 9.34. The summed E-state index contributed by atoms with van der Waals surface area (Å²) in [5.41, 5.74) is 7.13. The van der Waals surface area contributed by atoms with Crippen LogP contribution in [0, 0.1) is 35.0 Å². The molecule has 8 atom stereocenters. The highest BCUT2D eigenvalue weighted by Gasteiger charge is 2.61. The third-order valence-electron chi connectivity index (χ3n) is 11.0. The van der Waals surface area contributed by atoms with Crippen molar-refractivity contribution in [2.45, 2.75) is 82.8 Å². The lowest BCUT2D eigenvalue weighted by molar-refractivity contribution is -0.108. The summed E-state index contributed by atoms with van der Waals surface area (Å²) in [4.78, 5) is 13.9. The van der Waals surface area contributed by atoms with Crippen LogP contribution in [0.5, 0.6) is 5.75 Å². The molecule has 35 heavy (non-hydrogen) atoms. The maximum atomic E-state index is 13.9. The first-order chi connectivity index (χ1) is 16.6. The maximum Gasteiger partial charge on any atom is 0.166 e. The highest BCUT2D eigenvalue weighted by Crippen LogP contribution is 2.65. The summed E-state index contributed by atoms with van der Waals surface area (Å²) in [5, 5.41) is 12.9. The molecule has 0 saturated heterocycles. The Morgan fingerprint density at radius 3 is 2.43 bits per heavy atom. The average Bonchev–Trinajstić information content (AvgIpc) is 3.18. The van der Waals surface area contributed by atoms with E-state index in [1.54, 1.807) is 7.11 Å². The van der Waals surface area contributed by atoms with Crippen LogP contribution >= 0.6 is 0 Å². The number of methoxy groups -OCH3 is 1. The van der Waals surface area contributed by atoms with E-state index in [0.717, 1.165) is 67.0 Å². The average molecular weight is 476 g/mol. The SMILES string of the molecule is COc1ccc2cc(C(=O)[C@H]3CC[C@H]4[C@@H]5CC[C@]6(N)C[C@](C)(O)CC[C@@H]6[C@H]5CC[C@]34C)ccc2c1. The van der Waals surface area contributed by atoms with Crippen molar-refractivity contribution in [2.24, 2.45) is 40.7 Å². The lowest BCUT2D eigenvalue weighted by Gasteiger charge is -2.60. The van der Waals surface area contributed by atoms with E-state index in [2.05, 4.69) is 25.1 Å². The number of rotatable bonds is 3. The van der Waals surface area contributed by atoms with Crippen LogP contribution in [0.3, 0.4) is 0 Å². The van der Waals surface area contributed by atoms with Crippen LogP contribution in [0.4, 0.5) is 0 Å². The van der Waals surface area contributed by atoms with E-state index in [-0.39, 0.29) is 16.9 Å². The molecule has 3 N–H and O–H groups in total. The molecule has 4 aliphatic rings. The summed E-state index contributed by atoms with van der Waals surface area (Å²) >= 11 is 0. The number of nitrogens with two attached hydrogens (primary N) is 1. The van der Waals surface area contributed by atoms with E-state index in [4.69, 9.17) is 10.5 Å². The predicted molar refractivity (Wildman–Crippen MR) is 139 cm³/mol. The van der Waals surface area contributed by atoms with Crippen molar-refractivity contribution in [3.8, 4) is 5.75 Å². The van der Waals surface area contributed by atoms with E-state index >= 15 is 0 Å². The summed E-state index contributed by atoms with van der Waals surface area (Å²) < 4.78 is 5.36. The number of ketones is 1. The van der Waals surface area contributed by atoms with Crippen molar-refractivity contribution in [1.82, 2.24) is 0 Å². The maximum absolute atomic E-state index is 13.9. The van der Waals surface area contributed by atoms with Gasteiger partial charge in [-0.25, -0.2) is 0 Å². The molecule has 2 aromatic carbocycles. The molecule has 4 heteroatoms. The Bertz CT molecular complexity index is 1160. The molecule has 4 saturated carbocycles. The van der Waals surface area contributed by atoms with Gasteiger partial charge < -0.3 is 15.6 Å². The fraction of sp³-hybridized carbons (Fsp3) is 0.645. The Hall–Kier alpha value is -1.91. The van der Waals surface area contributed by atoms with Gasteiger partial charge in [0.25, 0.3) is 0 Å². The normalized spacial score (nSPS) is 42.7.